The maximum absolute atomic E-state index is 13.3. The Morgan fingerprint density at radius 1 is 0.912 bits per heavy atom. The van der Waals surface area contributed by atoms with Gasteiger partial charge >= 0.3 is 0 Å². The average Bonchev–Trinajstić information content (AvgIpc) is 3.23. The fraction of sp³-hybridized carbons (Fsp3) is 0.115. The van der Waals surface area contributed by atoms with Gasteiger partial charge in [-0.2, -0.15) is 0 Å². The van der Waals surface area contributed by atoms with Crippen molar-refractivity contribution in [2.24, 2.45) is 4.99 Å². The Balaban J connectivity index is 1.49. The molecule has 8 heteroatoms. The number of aromatic amines is 1. The van der Waals surface area contributed by atoms with Crippen LogP contribution in [0.4, 0.5) is 15.8 Å². The molecule has 4 N–H and O–H groups in total. The first kappa shape index (κ1) is 22.7. The van der Waals surface area contributed by atoms with Crippen LogP contribution in [-0.2, 0) is 11.2 Å². The summed E-state index contributed by atoms with van der Waals surface area (Å²) >= 11 is 0. The molecule has 172 valence electrons. The van der Waals surface area contributed by atoms with Crippen LogP contribution in [-0.4, -0.2) is 29.3 Å². The molecule has 34 heavy (non-hydrogen) atoms. The molecule has 1 aromatic heterocycles. The Morgan fingerprint density at radius 2 is 1.59 bits per heavy atom. The topological polar surface area (TPSA) is 98.4 Å². The number of aromatic nitrogens is 1. The quantitative estimate of drug-likeness (QED) is 0.249. The van der Waals surface area contributed by atoms with Crippen molar-refractivity contribution in [3.05, 3.63) is 95.9 Å². The molecule has 2 amide bonds. The minimum atomic E-state index is -0.366. The Morgan fingerprint density at radius 3 is 2.32 bits per heavy atom. The van der Waals surface area contributed by atoms with Crippen molar-refractivity contribution in [3.8, 4) is 0 Å². The Labute approximate surface area is 196 Å². The van der Waals surface area contributed by atoms with Crippen molar-refractivity contribution >= 4 is 40.1 Å². The van der Waals surface area contributed by atoms with Crippen LogP contribution in [0.25, 0.3) is 10.9 Å². The highest BCUT2D eigenvalue weighted by molar-refractivity contribution is 6.10. The molecular formula is C26H24FN5O2. The SMILES string of the molecule is CC(=O)Nc1ccc(C(=O)NC(=NCCc2c[nH]c3ccccc23)Nc2ccc(F)cc2)cc1. The first-order chi connectivity index (χ1) is 16.5. The molecule has 3 aromatic carbocycles. The number of rotatable bonds is 6. The van der Waals surface area contributed by atoms with Crippen LogP contribution < -0.4 is 16.0 Å². The molecule has 0 unspecified atom stereocenters. The second-order valence-electron chi connectivity index (χ2n) is 7.68. The van der Waals surface area contributed by atoms with Gasteiger partial charge in [0.1, 0.15) is 5.82 Å². The predicted octanol–water partition coefficient (Wildman–Crippen LogP) is 4.71. The summed E-state index contributed by atoms with van der Waals surface area (Å²) in [6.07, 6.45) is 2.63. The van der Waals surface area contributed by atoms with Gasteiger partial charge in [-0.05, 0) is 66.6 Å². The molecule has 7 nitrogen and oxygen atoms in total. The van der Waals surface area contributed by atoms with Crippen LogP contribution >= 0.6 is 0 Å². The summed E-state index contributed by atoms with van der Waals surface area (Å²) < 4.78 is 13.3. The van der Waals surface area contributed by atoms with Gasteiger partial charge in [-0.3, -0.25) is 19.9 Å². The molecule has 0 radical (unpaired) electrons. The molecule has 0 atom stereocenters. The van der Waals surface area contributed by atoms with Crippen LogP contribution in [0.15, 0.2) is 84.0 Å². The summed E-state index contributed by atoms with van der Waals surface area (Å²) in [5, 5.41) is 9.63. The number of carbonyl (C=O) groups is 2. The lowest BCUT2D eigenvalue weighted by Crippen LogP contribution is -2.36. The smallest absolute Gasteiger partial charge is 0.257 e. The standard InChI is InChI=1S/C26H24FN5O2/c1-17(33)30-21-10-6-18(7-11-21)25(34)32-26(31-22-12-8-20(27)9-13-22)28-15-14-19-16-29-24-5-3-2-4-23(19)24/h2-13,16,29H,14-15H2,1H3,(H,30,33)(H2,28,31,32,34). The molecule has 0 fully saturated rings. The number of fused-ring (bicyclic) bond motifs is 1. The van der Waals surface area contributed by atoms with Gasteiger partial charge in [0.25, 0.3) is 5.91 Å². The van der Waals surface area contributed by atoms with Crippen molar-refractivity contribution in [2.75, 3.05) is 17.2 Å². The zero-order valence-corrected chi connectivity index (χ0v) is 18.6. The molecule has 4 rings (SSSR count). The first-order valence-electron chi connectivity index (χ1n) is 10.8. The highest BCUT2D eigenvalue weighted by atomic mass is 19.1. The number of carbonyl (C=O) groups excluding carboxylic acids is 2. The maximum atomic E-state index is 13.3. The number of H-pyrrole nitrogens is 1. The van der Waals surface area contributed by atoms with E-state index < -0.39 is 0 Å². The van der Waals surface area contributed by atoms with E-state index in [-0.39, 0.29) is 23.6 Å². The third-order valence-electron chi connectivity index (χ3n) is 5.13. The highest BCUT2D eigenvalue weighted by Crippen LogP contribution is 2.18. The Bertz CT molecular complexity index is 1330. The van der Waals surface area contributed by atoms with Gasteiger partial charge < -0.3 is 15.6 Å². The van der Waals surface area contributed by atoms with Crippen molar-refractivity contribution in [3.63, 3.8) is 0 Å². The molecule has 0 saturated carbocycles. The van der Waals surface area contributed by atoms with Gasteiger partial charge in [0, 0.05) is 47.5 Å². The van der Waals surface area contributed by atoms with E-state index in [1.54, 1.807) is 36.4 Å². The van der Waals surface area contributed by atoms with E-state index in [0.29, 0.717) is 29.9 Å². The largest absolute Gasteiger partial charge is 0.361 e. The lowest BCUT2D eigenvalue weighted by molar-refractivity contribution is -0.114. The van der Waals surface area contributed by atoms with E-state index in [2.05, 4.69) is 32.0 Å². The highest BCUT2D eigenvalue weighted by Gasteiger charge is 2.11. The van der Waals surface area contributed by atoms with Gasteiger partial charge in [0.2, 0.25) is 11.9 Å². The zero-order valence-electron chi connectivity index (χ0n) is 18.6. The number of para-hydroxylation sites is 1. The monoisotopic (exact) mass is 457 g/mol. The van der Waals surface area contributed by atoms with E-state index in [0.717, 1.165) is 16.5 Å². The van der Waals surface area contributed by atoms with E-state index >= 15 is 0 Å². The zero-order chi connectivity index (χ0) is 23.9. The summed E-state index contributed by atoms with van der Waals surface area (Å²) in [4.78, 5) is 31.8. The molecule has 4 aromatic rings. The molecular weight excluding hydrogens is 433 g/mol. The number of amides is 2. The fourth-order valence-corrected chi connectivity index (χ4v) is 3.49. The summed E-state index contributed by atoms with van der Waals surface area (Å²) in [7, 11) is 0. The number of hydrogen-bond acceptors (Lipinski definition) is 3. The predicted molar refractivity (Wildman–Crippen MR) is 133 cm³/mol. The van der Waals surface area contributed by atoms with Crippen LogP contribution in [0.1, 0.15) is 22.8 Å². The number of anilines is 2. The van der Waals surface area contributed by atoms with Crippen LogP contribution in [0.5, 0.6) is 0 Å². The second kappa shape index (κ2) is 10.4. The number of nitrogens with zero attached hydrogens (tertiary/aromatic N) is 1. The van der Waals surface area contributed by atoms with E-state index in [1.165, 1.54) is 19.1 Å². The van der Waals surface area contributed by atoms with Gasteiger partial charge in [-0.15, -0.1) is 0 Å². The van der Waals surface area contributed by atoms with Crippen molar-refractivity contribution in [2.45, 2.75) is 13.3 Å². The minimum absolute atomic E-state index is 0.190. The Kier molecular flexibility index (Phi) is 6.98. The number of guanidine groups is 1. The fourth-order valence-electron chi connectivity index (χ4n) is 3.49. The van der Waals surface area contributed by atoms with Crippen LogP contribution in [0.3, 0.4) is 0 Å². The third kappa shape index (κ3) is 5.86. The van der Waals surface area contributed by atoms with E-state index in [1.807, 2.05) is 24.4 Å². The van der Waals surface area contributed by atoms with Crippen molar-refractivity contribution in [1.29, 1.82) is 0 Å². The van der Waals surface area contributed by atoms with Crippen LogP contribution in [0.2, 0.25) is 0 Å². The van der Waals surface area contributed by atoms with E-state index in [9.17, 15) is 14.0 Å². The Hall–Kier alpha value is -4.46. The van der Waals surface area contributed by atoms with E-state index in [4.69, 9.17) is 0 Å². The molecule has 0 aliphatic heterocycles. The minimum Gasteiger partial charge on any atom is -0.361 e. The van der Waals surface area contributed by atoms with Crippen molar-refractivity contribution in [1.82, 2.24) is 10.3 Å². The third-order valence-corrected chi connectivity index (χ3v) is 5.13. The normalized spacial score (nSPS) is 11.3. The summed E-state index contributed by atoms with van der Waals surface area (Å²) in [5.74, 6) is -0.658. The number of hydrogen-bond donors (Lipinski definition) is 4. The number of aliphatic imine (C=N–C) groups is 1. The molecule has 0 saturated heterocycles. The van der Waals surface area contributed by atoms with Crippen LogP contribution in [0, 0.1) is 5.82 Å². The molecule has 1 heterocycles. The summed E-state index contributed by atoms with van der Waals surface area (Å²) in [6.45, 7) is 1.84. The number of halogens is 1. The molecule has 0 spiro atoms. The molecule has 0 bridgehead atoms. The first-order valence-corrected chi connectivity index (χ1v) is 10.8. The summed E-state index contributed by atoms with van der Waals surface area (Å²) in [6, 6.07) is 20.3. The van der Waals surface area contributed by atoms with Crippen molar-refractivity contribution < 1.29 is 14.0 Å². The summed E-state index contributed by atoms with van der Waals surface area (Å²) in [5.41, 5.74) is 3.77. The van der Waals surface area contributed by atoms with Gasteiger partial charge in [-0.1, -0.05) is 18.2 Å². The average molecular weight is 458 g/mol. The molecule has 0 aliphatic rings. The second-order valence-corrected chi connectivity index (χ2v) is 7.68. The van der Waals surface area contributed by atoms with Gasteiger partial charge in [-0.25, -0.2) is 4.39 Å². The lowest BCUT2D eigenvalue weighted by Gasteiger charge is -2.12. The van der Waals surface area contributed by atoms with Gasteiger partial charge in [0.05, 0.1) is 0 Å². The lowest BCUT2D eigenvalue weighted by atomic mass is 10.1. The van der Waals surface area contributed by atoms with Gasteiger partial charge in [0.15, 0.2) is 0 Å². The molecule has 0 aliphatic carbocycles. The number of nitrogens with one attached hydrogen (secondary N) is 4. The maximum Gasteiger partial charge on any atom is 0.257 e. The number of benzene rings is 3.